The highest BCUT2D eigenvalue weighted by molar-refractivity contribution is 4.97. The molecule has 72 valence electrons. The van der Waals surface area contributed by atoms with Crippen LogP contribution < -0.4 is 5.73 Å². The van der Waals surface area contributed by atoms with Gasteiger partial charge in [0.2, 0.25) is 0 Å². The Balaban J connectivity index is 1.99. The van der Waals surface area contributed by atoms with Crippen LogP contribution in [0.5, 0.6) is 0 Å². The molecule has 0 radical (unpaired) electrons. The Morgan fingerprint density at radius 3 is 3.08 bits per heavy atom. The van der Waals surface area contributed by atoms with E-state index in [9.17, 15) is 5.11 Å². The second-order valence-electron chi connectivity index (χ2n) is 3.56. The molecule has 0 saturated heterocycles. The van der Waals surface area contributed by atoms with Gasteiger partial charge in [-0.25, -0.2) is 0 Å². The molecule has 2 rings (SSSR count). The molecule has 0 aromatic carbocycles. The molecule has 1 aromatic heterocycles. The summed E-state index contributed by atoms with van der Waals surface area (Å²) in [5.41, 5.74) is 5.87. The van der Waals surface area contributed by atoms with Gasteiger partial charge >= 0.3 is 0 Å². The molecule has 3 N–H and O–H groups in total. The summed E-state index contributed by atoms with van der Waals surface area (Å²) < 4.78 is 1.78. The monoisotopic (exact) mass is 182 g/mol. The van der Waals surface area contributed by atoms with Crippen LogP contribution in [-0.2, 0) is 6.54 Å². The summed E-state index contributed by atoms with van der Waals surface area (Å²) >= 11 is 0. The smallest absolute Gasteiger partial charge is 0.112 e. The first-order chi connectivity index (χ1) is 6.29. The molecule has 1 saturated carbocycles. The summed E-state index contributed by atoms with van der Waals surface area (Å²) in [6.45, 7) is 1.12. The van der Waals surface area contributed by atoms with Crippen LogP contribution in [0.1, 0.15) is 24.6 Å². The third-order valence-corrected chi connectivity index (χ3v) is 2.26. The SMILES string of the molecule is NC[C@H](O)c1cn(CC2CC2)nn1. The third-order valence-electron chi connectivity index (χ3n) is 2.26. The Morgan fingerprint density at radius 2 is 2.46 bits per heavy atom. The van der Waals surface area contributed by atoms with Crippen LogP contribution in [0.2, 0.25) is 0 Å². The molecule has 1 fully saturated rings. The molecule has 5 nitrogen and oxygen atoms in total. The van der Waals surface area contributed by atoms with Crippen LogP contribution in [0.25, 0.3) is 0 Å². The van der Waals surface area contributed by atoms with Crippen molar-refractivity contribution in [2.45, 2.75) is 25.5 Å². The van der Waals surface area contributed by atoms with Crippen molar-refractivity contribution in [1.82, 2.24) is 15.0 Å². The minimum absolute atomic E-state index is 0.197. The number of nitrogens with two attached hydrogens (primary N) is 1. The topological polar surface area (TPSA) is 77.0 Å². The van der Waals surface area contributed by atoms with Gasteiger partial charge in [0, 0.05) is 13.1 Å². The maximum absolute atomic E-state index is 9.35. The lowest BCUT2D eigenvalue weighted by Gasteiger charge is -2.00. The fourth-order valence-corrected chi connectivity index (χ4v) is 1.24. The number of rotatable bonds is 4. The van der Waals surface area contributed by atoms with E-state index in [-0.39, 0.29) is 6.54 Å². The summed E-state index contributed by atoms with van der Waals surface area (Å²) in [5, 5.41) is 17.1. The highest BCUT2D eigenvalue weighted by atomic mass is 16.3. The number of hydrogen-bond acceptors (Lipinski definition) is 4. The molecule has 1 heterocycles. The number of hydrogen-bond donors (Lipinski definition) is 2. The van der Waals surface area contributed by atoms with Gasteiger partial charge in [-0.05, 0) is 18.8 Å². The standard InChI is InChI=1S/C8H14N4O/c9-3-8(13)7-5-12(11-10-7)4-6-1-2-6/h5-6,8,13H,1-4,9H2/t8-/m0/s1. The van der Waals surface area contributed by atoms with Gasteiger partial charge in [-0.3, -0.25) is 4.68 Å². The molecule has 0 amide bonds. The van der Waals surface area contributed by atoms with Crippen molar-refractivity contribution in [1.29, 1.82) is 0 Å². The number of aromatic nitrogens is 3. The maximum Gasteiger partial charge on any atom is 0.112 e. The molecular formula is C8H14N4O. The van der Waals surface area contributed by atoms with Crippen molar-refractivity contribution < 1.29 is 5.11 Å². The van der Waals surface area contributed by atoms with E-state index < -0.39 is 6.10 Å². The molecule has 1 aliphatic rings. The van der Waals surface area contributed by atoms with Crippen LogP contribution in [-0.4, -0.2) is 26.6 Å². The Kier molecular flexibility index (Phi) is 2.28. The number of nitrogens with zero attached hydrogens (tertiary/aromatic N) is 3. The van der Waals surface area contributed by atoms with Gasteiger partial charge in [-0.2, -0.15) is 0 Å². The Morgan fingerprint density at radius 1 is 1.69 bits per heavy atom. The van der Waals surface area contributed by atoms with Gasteiger partial charge in [0.1, 0.15) is 11.8 Å². The van der Waals surface area contributed by atoms with E-state index in [1.54, 1.807) is 10.9 Å². The van der Waals surface area contributed by atoms with E-state index in [0.717, 1.165) is 12.5 Å². The summed E-state index contributed by atoms with van der Waals surface area (Å²) in [7, 11) is 0. The molecular weight excluding hydrogens is 168 g/mol. The minimum atomic E-state index is -0.673. The van der Waals surface area contributed by atoms with Gasteiger partial charge in [-0.1, -0.05) is 5.21 Å². The normalized spacial score (nSPS) is 18.9. The lowest BCUT2D eigenvalue weighted by Crippen LogP contribution is -2.11. The van der Waals surface area contributed by atoms with Gasteiger partial charge in [0.05, 0.1) is 6.20 Å². The Labute approximate surface area is 76.5 Å². The maximum atomic E-state index is 9.35. The second-order valence-corrected chi connectivity index (χ2v) is 3.56. The summed E-state index contributed by atoms with van der Waals surface area (Å²) in [6, 6.07) is 0. The fourth-order valence-electron chi connectivity index (χ4n) is 1.24. The predicted octanol–water partition coefficient (Wildman–Crippen LogP) is -0.320. The van der Waals surface area contributed by atoms with E-state index >= 15 is 0 Å². The molecule has 5 heteroatoms. The highest BCUT2D eigenvalue weighted by Crippen LogP contribution is 2.30. The van der Waals surface area contributed by atoms with Crippen molar-refractivity contribution in [3.8, 4) is 0 Å². The fraction of sp³-hybridized carbons (Fsp3) is 0.750. The van der Waals surface area contributed by atoms with Crippen molar-refractivity contribution in [2.24, 2.45) is 11.7 Å². The molecule has 1 atom stereocenters. The predicted molar refractivity (Wildman–Crippen MR) is 46.8 cm³/mol. The van der Waals surface area contributed by atoms with Crippen LogP contribution >= 0.6 is 0 Å². The van der Waals surface area contributed by atoms with Crippen LogP contribution in [0, 0.1) is 5.92 Å². The molecule has 1 aromatic rings. The quantitative estimate of drug-likeness (QED) is 0.669. The molecule has 0 spiro atoms. The second kappa shape index (κ2) is 3.43. The van der Waals surface area contributed by atoms with Gasteiger partial charge < -0.3 is 10.8 Å². The van der Waals surface area contributed by atoms with E-state index in [2.05, 4.69) is 10.3 Å². The zero-order chi connectivity index (χ0) is 9.26. The molecule has 13 heavy (non-hydrogen) atoms. The van der Waals surface area contributed by atoms with Gasteiger partial charge in [0.25, 0.3) is 0 Å². The first kappa shape index (κ1) is 8.65. The number of aliphatic hydroxyl groups excluding tert-OH is 1. The molecule has 0 unspecified atom stereocenters. The van der Waals surface area contributed by atoms with Crippen molar-refractivity contribution >= 4 is 0 Å². The van der Waals surface area contributed by atoms with Gasteiger partial charge in [-0.15, -0.1) is 5.10 Å². The largest absolute Gasteiger partial charge is 0.385 e. The highest BCUT2D eigenvalue weighted by Gasteiger charge is 2.22. The Hall–Kier alpha value is -0.940. The average molecular weight is 182 g/mol. The summed E-state index contributed by atoms with van der Waals surface area (Å²) in [4.78, 5) is 0. The van der Waals surface area contributed by atoms with Crippen molar-refractivity contribution in [2.75, 3.05) is 6.54 Å². The average Bonchev–Trinajstić information content (AvgIpc) is 2.81. The van der Waals surface area contributed by atoms with Crippen molar-refractivity contribution in [3.05, 3.63) is 11.9 Å². The first-order valence-corrected chi connectivity index (χ1v) is 4.57. The lowest BCUT2D eigenvalue weighted by atomic mass is 10.3. The molecule has 0 aliphatic heterocycles. The summed E-state index contributed by atoms with van der Waals surface area (Å²) in [5.74, 6) is 0.768. The van der Waals surface area contributed by atoms with E-state index in [0.29, 0.717) is 5.69 Å². The van der Waals surface area contributed by atoms with E-state index in [1.807, 2.05) is 0 Å². The zero-order valence-electron chi connectivity index (χ0n) is 7.43. The third kappa shape index (κ3) is 2.05. The first-order valence-electron chi connectivity index (χ1n) is 4.57. The zero-order valence-corrected chi connectivity index (χ0v) is 7.43. The number of aliphatic hydroxyl groups is 1. The van der Waals surface area contributed by atoms with Crippen molar-refractivity contribution in [3.63, 3.8) is 0 Å². The van der Waals surface area contributed by atoms with E-state index in [4.69, 9.17) is 5.73 Å². The molecule has 0 bridgehead atoms. The van der Waals surface area contributed by atoms with Crippen LogP contribution in [0.4, 0.5) is 0 Å². The lowest BCUT2D eigenvalue weighted by molar-refractivity contribution is 0.181. The van der Waals surface area contributed by atoms with Crippen LogP contribution in [0.15, 0.2) is 6.20 Å². The van der Waals surface area contributed by atoms with E-state index in [1.165, 1.54) is 12.8 Å². The minimum Gasteiger partial charge on any atom is -0.385 e. The van der Waals surface area contributed by atoms with Crippen LogP contribution in [0.3, 0.4) is 0 Å². The molecule has 1 aliphatic carbocycles. The Bertz CT molecular complexity index is 281. The summed E-state index contributed by atoms with van der Waals surface area (Å²) in [6.07, 6.45) is 3.67. The van der Waals surface area contributed by atoms with Gasteiger partial charge in [0.15, 0.2) is 0 Å².